The minimum atomic E-state index is -0.858. The molecule has 1 aliphatic heterocycles. The molecule has 2 unspecified atom stereocenters. The van der Waals surface area contributed by atoms with Crippen molar-refractivity contribution in [3.05, 3.63) is 0 Å². The van der Waals surface area contributed by atoms with E-state index in [4.69, 9.17) is 10.2 Å². The molecule has 0 spiro atoms. The average molecular weight is 215 g/mol. The Hall–Kier alpha value is -1.10. The van der Waals surface area contributed by atoms with E-state index in [0.717, 1.165) is 6.42 Å². The summed E-state index contributed by atoms with van der Waals surface area (Å²) < 4.78 is 0. The van der Waals surface area contributed by atoms with Crippen LogP contribution in [0.5, 0.6) is 0 Å². The van der Waals surface area contributed by atoms with E-state index in [1.54, 1.807) is 4.90 Å². The fourth-order valence-electron chi connectivity index (χ4n) is 2.08. The van der Waals surface area contributed by atoms with E-state index in [2.05, 4.69) is 0 Å². The van der Waals surface area contributed by atoms with Crippen LogP contribution in [-0.4, -0.2) is 46.2 Å². The van der Waals surface area contributed by atoms with Crippen molar-refractivity contribution in [2.75, 3.05) is 13.1 Å². The van der Waals surface area contributed by atoms with Gasteiger partial charge in [0.2, 0.25) is 0 Å². The van der Waals surface area contributed by atoms with Crippen molar-refractivity contribution in [2.24, 2.45) is 5.92 Å². The fraction of sp³-hybridized carbons (Fsp3) is 0.800. The minimum Gasteiger partial charge on any atom is -0.481 e. The summed E-state index contributed by atoms with van der Waals surface area (Å²) in [6.45, 7) is 2.86. The van der Waals surface area contributed by atoms with Gasteiger partial charge in [-0.2, -0.15) is 0 Å². The molecule has 0 aromatic rings. The van der Waals surface area contributed by atoms with Gasteiger partial charge in [0, 0.05) is 6.54 Å². The molecule has 0 amide bonds. The van der Waals surface area contributed by atoms with Crippen molar-refractivity contribution in [3.8, 4) is 0 Å². The third-order valence-corrected chi connectivity index (χ3v) is 2.91. The van der Waals surface area contributed by atoms with Crippen LogP contribution in [-0.2, 0) is 9.59 Å². The lowest BCUT2D eigenvalue weighted by molar-refractivity contribution is -0.149. The summed E-state index contributed by atoms with van der Waals surface area (Å²) >= 11 is 0. The first kappa shape index (κ1) is 12.0. The zero-order chi connectivity index (χ0) is 11.4. The predicted octanol–water partition coefficient (Wildman–Crippen LogP) is 0.646. The van der Waals surface area contributed by atoms with E-state index in [1.807, 2.05) is 6.92 Å². The second kappa shape index (κ2) is 5.11. The number of carboxylic acids is 2. The van der Waals surface area contributed by atoms with Gasteiger partial charge in [0.15, 0.2) is 0 Å². The summed E-state index contributed by atoms with van der Waals surface area (Å²) in [6, 6.07) is -0.535. The molecule has 2 atom stereocenters. The molecule has 86 valence electrons. The Bertz CT molecular complexity index is 254. The number of carboxylic acid groups (broad SMARTS) is 2. The quantitative estimate of drug-likeness (QED) is 0.719. The lowest BCUT2D eigenvalue weighted by atomic mass is 9.96. The van der Waals surface area contributed by atoms with Gasteiger partial charge in [-0.1, -0.05) is 6.92 Å². The zero-order valence-corrected chi connectivity index (χ0v) is 8.85. The highest BCUT2D eigenvalue weighted by molar-refractivity contribution is 5.74. The van der Waals surface area contributed by atoms with E-state index in [1.165, 1.54) is 0 Å². The van der Waals surface area contributed by atoms with E-state index in [9.17, 15) is 9.59 Å². The first-order chi connectivity index (χ1) is 7.06. The Morgan fingerprint density at radius 2 is 2.13 bits per heavy atom. The highest BCUT2D eigenvalue weighted by atomic mass is 16.4. The molecule has 0 aromatic carbocycles. The van der Waals surface area contributed by atoms with Crippen molar-refractivity contribution in [3.63, 3.8) is 0 Å². The van der Waals surface area contributed by atoms with Crippen LogP contribution in [0.15, 0.2) is 0 Å². The van der Waals surface area contributed by atoms with Crippen LogP contribution in [0, 0.1) is 5.92 Å². The van der Waals surface area contributed by atoms with Gasteiger partial charge in [-0.25, -0.2) is 0 Å². The van der Waals surface area contributed by atoms with Gasteiger partial charge in [-0.15, -0.1) is 0 Å². The Kier molecular flexibility index (Phi) is 4.08. The second-order valence-corrected chi connectivity index (χ2v) is 3.93. The minimum absolute atomic E-state index is 0.361. The molecule has 0 radical (unpaired) electrons. The van der Waals surface area contributed by atoms with E-state index in [0.29, 0.717) is 25.9 Å². The topological polar surface area (TPSA) is 77.8 Å². The first-order valence-corrected chi connectivity index (χ1v) is 5.26. The monoisotopic (exact) mass is 215 g/mol. The maximum Gasteiger partial charge on any atom is 0.320 e. The maximum absolute atomic E-state index is 10.9. The van der Waals surface area contributed by atoms with Crippen LogP contribution >= 0.6 is 0 Å². The van der Waals surface area contributed by atoms with Gasteiger partial charge in [0.05, 0.1) is 5.92 Å². The number of piperidine rings is 1. The zero-order valence-electron chi connectivity index (χ0n) is 8.85. The molecule has 2 N–H and O–H groups in total. The number of hydrogen-bond acceptors (Lipinski definition) is 3. The molecule has 1 heterocycles. The number of hydrogen-bond donors (Lipinski definition) is 2. The Morgan fingerprint density at radius 3 is 2.60 bits per heavy atom. The lowest BCUT2D eigenvalue weighted by Gasteiger charge is -2.34. The number of rotatable bonds is 4. The molecular formula is C10H17NO4. The molecule has 0 aromatic heterocycles. The van der Waals surface area contributed by atoms with E-state index < -0.39 is 23.9 Å². The molecule has 0 bridgehead atoms. The van der Waals surface area contributed by atoms with Crippen LogP contribution in [0.3, 0.4) is 0 Å². The lowest BCUT2D eigenvalue weighted by Crippen LogP contribution is -2.47. The van der Waals surface area contributed by atoms with Crippen molar-refractivity contribution >= 4 is 11.9 Å². The van der Waals surface area contributed by atoms with Gasteiger partial charge in [-0.05, 0) is 25.8 Å². The summed E-state index contributed by atoms with van der Waals surface area (Å²) in [5.41, 5.74) is 0. The number of aliphatic carboxylic acids is 2. The van der Waals surface area contributed by atoms with Crippen LogP contribution in [0.25, 0.3) is 0 Å². The highest BCUT2D eigenvalue weighted by Crippen LogP contribution is 2.19. The number of nitrogens with zero attached hydrogens (tertiary/aromatic N) is 1. The molecule has 15 heavy (non-hydrogen) atoms. The summed E-state index contributed by atoms with van der Waals surface area (Å²) in [5, 5.41) is 17.8. The highest BCUT2D eigenvalue weighted by Gasteiger charge is 2.31. The molecule has 5 nitrogen and oxygen atoms in total. The summed E-state index contributed by atoms with van der Waals surface area (Å²) in [6.07, 6.45) is 1.93. The standard InChI is InChI=1S/C10H17NO4/c1-2-8(10(14)15)11-5-3-4-7(6-11)9(12)13/h7-8H,2-6H2,1H3,(H,12,13)(H,14,15). The Balaban J connectivity index is 2.62. The normalized spacial score (nSPS) is 24.7. The van der Waals surface area contributed by atoms with Gasteiger partial charge >= 0.3 is 11.9 Å². The molecule has 1 rings (SSSR count). The van der Waals surface area contributed by atoms with Gasteiger partial charge in [-0.3, -0.25) is 14.5 Å². The summed E-state index contributed by atoms with van der Waals surface area (Å²) in [4.78, 5) is 23.5. The molecule has 1 fully saturated rings. The number of carbonyl (C=O) groups is 2. The molecule has 0 aliphatic carbocycles. The van der Waals surface area contributed by atoms with E-state index in [-0.39, 0.29) is 0 Å². The Morgan fingerprint density at radius 1 is 1.47 bits per heavy atom. The van der Waals surface area contributed by atoms with E-state index >= 15 is 0 Å². The Labute approximate surface area is 88.7 Å². The third kappa shape index (κ3) is 2.92. The van der Waals surface area contributed by atoms with Crippen LogP contribution in [0.1, 0.15) is 26.2 Å². The van der Waals surface area contributed by atoms with Gasteiger partial charge in [0.1, 0.15) is 6.04 Å². The largest absolute Gasteiger partial charge is 0.481 e. The first-order valence-electron chi connectivity index (χ1n) is 5.26. The van der Waals surface area contributed by atoms with Crippen LogP contribution < -0.4 is 0 Å². The molecule has 5 heteroatoms. The maximum atomic E-state index is 10.9. The van der Waals surface area contributed by atoms with Crippen LogP contribution in [0.4, 0.5) is 0 Å². The van der Waals surface area contributed by atoms with Crippen molar-refractivity contribution < 1.29 is 19.8 Å². The SMILES string of the molecule is CCC(C(=O)O)N1CCCC(C(=O)O)C1. The van der Waals surface area contributed by atoms with Crippen molar-refractivity contribution in [2.45, 2.75) is 32.2 Å². The third-order valence-electron chi connectivity index (χ3n) is 2.91. The smallest absolute Gasteiger partial charge is 0.320 e. The summed E-state index contributed by atoms with van der Waals surface area (Å²) in [5.74, 6) is -2.09. The van der Waals surface area contributed by atoms with Crippen molar-refractivity contribution in [1.82, 2.24) is 4.90 Å². The fourth-order valence-corrected chi connectivity index (χ4v) is 2.08. The predicted molar refractivity (Wildman–Crippen MR) is 53.6 cm³/mol. The average Bonchev–Trinajstić information content (AvgIpc) is 2.18. The molecular weight excluding hydrogens is 198 g/mol. The second-order valence-electron chi connectivity index (χ2n) is 3.93. The van der Waals surface area contributed by atoms with Crippen molar-refractivity contribution in [1.29, 1.82) is 0 Å². The molecule has 1 saturated heterocycles. The number of likely N-dealkylation sites (tertiary alicyclic amines) is 1. The molecule has 1 aliphatic rings. The van der Waals surface area contributed by atoms with Gasteiger partial charge < -0.3 is 10.2 Å². The summed E-state index contributed by atoms with van der Waals surface area (Å²) in [7, 11) is 0. The van der Waals surface area contributed by atoms with Crippen LogP contribution in [0.2, 0.25) is 0 Å². The van der Waals surface area contributed by atoms with Gasteiger partial charge in [0.25, 0.3) is 0 Å². The molecule has 0 saturated carbocycles.